The number of carbonyl (C=O) groups excluding carboxylic acids is 1. The van der Waals surface area contributed by atoms with Crippen molar-refractivity contribution >= 4 is 5.97 Å². The summed E-state index contributed by atoms with van der Waals surface area (Å²) in [5, 5.41) is 0. The predicted octanol–water partition coefficient (Wildman–Crippen LogP) is 3.02. The molecular weight excluding hydrogens is 212 g/mol. The molecule has 0 aromatic carbocycles. The van der Waals surface area contributed by atoms with Crippen molar-refractivity contribution in [2.75, 3.05) is 0 Å². The van der Waals surface area contributed by atoms with Gasteiger partial charge in [-0.15, -0.1) is 0 Å². The lowest BCUT2D eigenvalue weighted by molar-refractivity contribution is -0.141. The second kappa shape index (κ2) is 3.59. The number of rotatable bonds is 0. The first-order chi connectivity index (χ1) is 8.09. The van der Waals surface area contributed by atoms with Crippen molar-refractivity contribution in [2.24, 2.45) is 17.8 Å². The maximum absolute atomic E-state index is 11.7. The number of carbonyl (C=O) groups is 1. The number of fused-ring (bicyclic) bond motifs is 3. The molecule has 1 aliphatic heterocycles. The molecular formula is C15H18O2. The lowest BCUT2D eigenvalue weighted by atomic mass is 9.82. The highest BCUT2D eigenvalue weighted by Gasteiger charge is 2.50. The van der Waals surface area contributed by atoms with Gasteiger partial charge in [-0.25, -0.2) is 4.79 Å². The molecule has 0 spiro atoms. The predicted molar refractivity (Wildman–Crippen MR) is 66.2 cm³/mol. The standard InChI is InChI=1S/C15H18O2/c1-8-4-7-12-10(3)15(16)17-14(12)13-9(2)5-6-11(8)13/h11-14H,1-7H2/t11-,12+,13-,14-/m0/s1. The third-order valence-corrected chi connectivity index (χ3v) is 4.69. The first-order valence-electron chi connectivity index (χ1n) is 6.34. The second-order valence-electron chi connectivity index (χ2n) is 5.53. The van der Waals surface area contributed by atoms with Crippen molar-refractivity contribution in [1.82, 2.24) is 0 Å². The molecule has 4 atom stereocenters. The van der Waals surface area contributed by atoms with Crippen LogP contribution in [0.2, 0.25) is 0 Å². The smallest absolute Gasteiger partial charge is 0.334 e. The molecule has 90 valence electrons. The maximum atomic E-state index is 11.7. The third kappa shape index (κ3) is 1.43. The number of ether oxygens (including phenoxy) is 1. The van der Waals surface area contributed by atoms with E-state index >= 15 is 0 Å². The summed E-state index contributed by atoms with van der Waals surface area (Å²) in [6.45, 7) is 12.3. The molecule has 1 saturated heterocycles. The Morgan fingerprint density at radius 1 is 1.00 bits per heavy atom. The van der Waals surface area contributed by atoms with Crippen LogP contribution < -0.4 is 0 Å². The molecule has 2 nitrogen and oxygen atoms in total. The number of allylic oxidation sites excluding steroid dienone is 1. The van der Waals surface area contributed by atoms with Crippen LogP contribution in [-0.4, -0.2) is 12.1 Å². The van der Waals surface area contributed by atoms with Gasteiger partial charge < -0.3 is 4.74 Å². The van der Waals surface area contributed by atoms with Crippen molar-refractivity contribution in [2.45, 2.75) is 31.8 Å². The fourth-order valence-corrected chi connectivity index (χ4v) is 3.71. The quantitative estimate of drug-likeness (QED) is 0.363. The average molecular weight is 230 g/mol. The zero-order chi connectivity index (χ0) is 12.2. The van der Waals surface area contributed by atoms with Gasteiger partial charge in [-0.1, -0.05) is 30.9 Å². The zero-order valence-corrected chi connectivity index (χ0v) is 10.1. The van der Waals surface area contributed by atoms with Crippen LogP contribution in [-0.2, 0) is 9.53 Å². The molecule has 0 radical (unpaired) electrons. The van der Waals surface area contributed by atoms with E-state index < -0.39 is 0 Å². The molecule has 0 aromatic rings. The van der Waals surface area contributed by atoms with Gasteiger partial charge in [0.2, 0.25) is 0 Å². The summed E-state index contributed by atoms with van der Waals surface area (Å²) in [5.74, 6) is 0.740. The minimum Gasteiger partial charge on any atom is -0.458 e. The molecule has 3 rings (SSSR count). The Bertz CT molecular complexity index is 432. The molecule has 1 heterocycles. The summed E-state index contributed by atoms with van der Waals surface area (Å²) in [7, 11) is 0. The Labute approximate surface area is 102 Å². The Hall–Kier alpha value is -1.31. The Morgan fingerprint density at radius 2 is 1.65 bits per heavy atom. The van der Waals surface area contributed by atoms with E-state index in [1.165, 1.54) is 11.1 Å². The molecule has 0 bridgehead atoms. The Morgan fingerprint density at radius 3 is 2.41 bits per heavy atom. The SMILES string of the molecule is C=C1CC[C@H]2C(=C)CC[C@@H]3C(=C)C(=O)O[C@@H]3[C@@H]12. The summed E-state index contributed by atoms with van der Waals surface area (Å²) in [6.07, 6.45) is 4.09. The first-order valence-corrected chi connectivity index (χ1v) is 6.34. The molecule has 0 amide bonds. The van der Waals surface area contributed by atoms with E-state index in [0.717, 1.165) is 25.7 Å². The summed E-state index contributed by atoms with van der Waals surface area (Å²) in [5.41, 5.74) is 3.20. The summed E-state index contributed by atoms with van der Waals surface area (Å²) in [6, 6.07) is 0. The van der Waals surface area contributed by atoms with Crippen LogP contribution in [0.4, 0.5) is 0 Å². The number of hydrogen-bond acceptors (Lipinski definition) is 2. The van der Waals surface area contributed by atoms with E-state index in [2.05, 4.69) is 19.7 Å². The van der Waals surface area contributed by atoms with E-state index in [0.29, 0.717) is 11.5 Å². The average Bonchev–Trinajstić information content (AvgIpc) is 2.75. The van der Waals surface area contributed by atoms with E-state index in [1.807, 2.05) is 0 Å². The van der Waals surface area contributed by atoms with Gasteiger partial charge in [0, 0.05) is 17.4 Å². The van der Waals surface area contributed by atoms with E-state index in [1.54, 1.807) is 0 Å². The van der Waals surface area contributed by atoms with Crippen molar-refractivity contribution in [3.05, 3.63) is 36.5 Å². The summed E-state index contributed by atoms with van der Waals surface area (Å²) < 4.78 is 5.55. The highest BCUT2D eigenvalue weighted by Crippen LogP contribution is 2.51. The van der Waals surface area contributed by atoms with Gasteiger partial charge in [-0.3, -0.25) is 0 Å². The molecule has 3 aliphatic rings. The van der Waals surface area contributed by atoms with Crippen molar-refractivity contribution in [3.8, 4) is 0 Å². The van der Waals surface area contributed by atoms with Gasteiger partial charge >= 0.3 is 5.97 Å². The molecule has 0 N–H and O–H groups in total. The topological polar surface area (TPSA) is 26.3 Å². The fraction of sp³-hybridized carbons (Fsp3) is 0.533. The van der Waals surface area contributed by atoms with Crippen LogP contribution in [0.1, 0.15) is 25.7 Å². The van der Waals surface area contributed by atoms with Gasteiger partial charge in [-0.05, 0) is 31.6 Å². The van der Waals surface area contributed by atoms with E-state index in [-0.39, 0.29) is 23.9 Å². The van der Waals surface area contributed by atoms with Crippen molar-refractivity contribution in [1.29, 1.82) is 0 Å². The molecule has 0 aromatic heterocycles. The van der Waals surface area contributed by atoms with Crippen LogP contribution in [0, 0.1) is 17.8 Å². The number of hydrogen-bond donors (Lipinski definition) is 0. The first kappa shape index (κ1) is 10.8. The largest absolute Gasteiger partial charge is 0.458 e. The molecule has 17 heavy (non-hydrogen) atoms. The fourth-order valence-electron chi connectivity index (χ4n) is 3.71. The monoisotopic (exact) mass is 230 g/mol. The van der Waals surface area contributed by atoms with Gasteiger partial charge in [-0.2, -0.15) is 0 Å². The summed E-state index contributed by atoms with van der Waals surface area (Å²) in [4.78, 5) is 11.7. The highest BCUT2D eigenvalue weighted by molar-refractivity contribution is 5.91. The number of esters is 1. The zero-order valence-electron chi connectivity index (χ0n) is 10.1. The van der Waals surface area contributed by atoms with Crippen LogP contribution in [0.15, 0.2) is 36.5 Å². The van der Waals surface area contributed by atoms with Crippen LogP contribution in [0.5, 0.6) is 0 Å². The third-order valence-electron chi connectivity index (χ3n) is 4.69. The van der Waals surface area contributed by atoms with E-state index in [4.69, 9.17) is 4.74 Å². The molecule has 3 fully saturated rings. The van der Waals surface area contributed by atoms with Gasteiger partial charge in [0.25, 0.3) is 0 Å². The Balaban J connectivity index is 2.00. The molecule has 0 unspecified atom stereocenters. The minimum atomic E-state index is -0.203. The molecule has 2 aliphatic carbocycles. The molecule has 2 heteroatoms. The van der Waals surface area contributed by atoms with Crippen LogP contribution in [0.25, 0.3) is 0 Å². The van der Waals surface area contributed by atoms with Crippen LogP contribution >= 0.6 is 0 Å². The van der Waals surface area contributed by atoms with Gasteiger partial charge in [0.15, 0.2) is 0 Å². The normalized spacial score (nSPS) is 40.9. The lowest BCUT2D eigenvalue weighted by Gasteiger charge is -2.26. The van der Waals surface area contributed by atoms with Crippen molar-refractivity contribution in [3.63, 3.8) is 0 Å². The minimum absolute atomic E-state index is 0.0192. The van der Waals surface area contributed by atoms with Crippen molar-refractivity contribution < 1.29 is 9.53 Å². The Kier molecular flexibility index (Phi) is 2.29. The lowest BCUT2D eigenvalue weighted by Crippen LogP contribution is -2.28. The molecule has 2 saturated carbocycles. The van der Waals surface area contributed by atoms with Gasteiger partial charge in [0.1, 0.15) is 6.10 Å². The van der Waals surface area contributed by atoms with Crippen LogP contribution in [0.3, 0.4) is 0 Å². The summed E-state index contributed by atoms with van der Waals surface area (Å²) >= 11 is 0. The van der Waals surface area contributed by atoms with Gasteiger partial charge in [0.05, 0.1) is 0 Å². The highest BCUT2D eigenvalue weighted by atomic mass is 16.6. The van der Waals surface area contributed by atoms with E-state index in [9.17, 15) is 4.79 Å². The maximum Gasteiger partial charge on any atom is 0.334 e. The second-order valence-corrected chi connectivity index (χ2v) is 5.53.